The molecule has 2 aromatic rings. The summed E-state index contributed by atoms with van der Waals surface area (Å²) >= 11 is 0. The van der Waals surface area contributed by atoms with Gasteiger partial charge in [0.05, 0.1) is 24.4 Å². The Morgan fingerprint density at radius 1 is 1.36 bits per heavy atom. The molecule has 3 heterocycles. The predicted molar refractivity (Wildman–Crippen MR) is 80.7 cm³/mol. The van der Waals surface area contributed by atoms with Crippen molar-refractivity contribution in [2.24, 2.45) is 0 Å². The Balaban J connectivity index is 1.92. The lowest BCUT2D eigenvalue weighted by atomic mass is 10.1. The van der Waals surface area contributed by atoms with Gasteiger partial charge in [0, 0.05) is 10.9 Å². The monoisotopic (exact) mass is 301 g/mol. The molecule has 0 N–H and O–H groups in total. The van der Waals surface area contributed by atoms with E-state index >= 15 is 0 Å². The van der Waals surface area contributed by atoms with E-state index in [1.807, 2.05) is 45.0 Å². The zero-order valence-electron chi connectivity index (χ0n) is 13.0. The van der Waals surface area contributed by atoms with Crippen molar-refractivity contribution < 1.29 is 19.0 Å². The summed E-state index contributed by atoms with van der Waals surface area (Å²) in [5, 5.41) is 0.919. The first-order chi connectivity index (χ1) is 10.5. The van der Waals surface area contributed by atoms with Gasteiger partial charge >= 0.3 is 5.97 Å². The van der Waals surface area contributed by atoms with Crippen molar-refractivity contribution in [3.05, 3.63) is 35.5 Å². The summed E-state index contributed by atoms with van der Waals surface area (Å²) in [4.78, 5) is 12.5. The fraction of sp³-hybridized carbons (Fsp3) is 0.471. The Bertz CT molecular complexity index is 761. The molecule has 5 nitrogen and oxygen atoms in total. The maximum Gasteiger partial charge on any atom is 0.340 e. The van der Waals surface area contributed by atoms with E-state index in [1.54, 1.807) is 0 Å². The van der Waals surface area contributed by atoms with E-state index in [0.717, 1.165) is 16.6 Å². The maximum absolute atomic E-state index is 12.5. The van der Waals surface area contributed by atoms with Gasteiger partial charge in [0.25, 0.3) is 0 Å². The number of hydrogen-bond acceptors (Lipinski definition) is 4. The van der Waals surface area contributed by atoms with Crippen LogP contribution in [0.2, 0.25) is 0 Å². The van der Waals surface area contributed by atoms with Crippen molar-refractivity contribution in [2.45, 2.75) is 45.3 Å². The van der Waals surface area contributed by atoms with Gasteiger partial charge in [-0.1, -0.05) is 18.2 Å². The molecule has 4 rings (SSSR count). The summed E-state index contributed by atoms with van der Waals surface area (Å²) < 4.78 is 19.4. The number of nitrogens with zero attached hydrogens (tertiary/aromatic N) is 1. The molecule has 22 heavy (non-hydrogen) atoms. The third-order valence-corrected chi connectivity index (χ3v) is 4.31. The second-order valence-electron chi connectivity index (χ2n) is 6.20. The van der Waals surface area contributed by atoms with Crippen LogP contribution in [0.1, 0.15) is 42.9 Å². The van der Waals surface area contributed by atoms with Crippen LogP contribution in [0.15, 0.2) is 24.3 Å². The number of fused-ring (bicyclic) bond motifs is 5. The smallest absolute Gasteiger partial charge is 0.340 e. The number of carbonyl (C=O) groups excluding carboxylic acids is 1. The minimum absolute atomic E-state index is 0.0530. The highest BCUT2D eigenvalue weighted by molar-refractivity contribution is 6.06. The normalized spacial score (nSPS) is 25.2. The molecule has 2 aliphatic rings. The largest absolute Gasteiger partial charge is 0.462 e. The van der Waals surface area contributed by atoms with E-state index in [2.05, 4.69) is 4.57 Å². The van der Waals surface area contributed by atoms with Crippen LogP contribution in [0, 0.1) is 0 Å². The molecule has 0 bridgehead atoms. The molecule has 0 aliphatic carbocycles. The van der Waals surface area contributed by atoms with Crippen LogP contribution in [0.25, 0.3) is 10.9 Å². The number of esters is 1. The molecule has 1 saturated heterocycles. The third-order valence-electron chi connectivity index (χ3n) is 4.31. The summed E-state index contributed by atoms with van der Waals surface area (Å²) in [5.41, 5.74) is 2.53. The van der Waals surface area contributed by atoms with Crippen LogP contribution in [0.3, 0.4) is 0 Å². The first kappa shape index (κ1) is 13.8. The first-order valence-corrected chi connectivity index (χ1v) is 7.65. The van der Waals surface area contributed by atoms with Crippen LogP contribution >= 0.6 is 0 Å². The fourth-order valence-electron chi connectivity index (χ4n) is 3.61. The van der Waals surface area contributed by atoms with Gasteiger partial charge in [-0.2, -0.15) is 0 Å². The van der Waals surface area contributed by atoms with E-state index in [-0.39, 0.29) is 18.2 Å². The number of carbonyl (C=O) groups is 1. The van der Waals surface area contributed by atoms with Crippen LogP contribution in [0.4, 0.5) is 0 Å². The molecule has 2 atom stereocenters. The lowest BCUT2D eigenvalue weighted by Crippen LogP contribution is -2.23. The topological polar surface area (TPSA) is 49.7 Å². The zero-order valence-corrected chi connectivity index (χ0v) is 13.0. The van der Waals surface area contributed by atoms with Crippen LogP contribution in [-0.2, 0) is 20.8 Å². The number of rotatable bonds is 2. The molecule has 1 aromatic carbocycles. The molecular formula is C17H19NO4. The average Bonchev–Trinajstić information content (AvgIpc) is 3.04. The van der Waals surface area contributed by atoms with Crippen molar-refractivity contribution in [1.29, 1.82) is 0 Å². The molecule has 0 saturated carbocycles. The molecule has 0 unspecified atom stereocenters. The second kappa shape index (κ2) is 4.57. The minimum Gasteiger partial charge on any atom is -0.462 e. The number of ether oxygens (including phenoxy) is 3. The lowest BCUT2D eigenvalue weighted by molar-refractivity contribution is -0.151. The van der Waals surface area contributed by atoms with E-state index in [4.69, 9.17) is 14.2 Å². The van der Waals surface area contributed by atoms with E-state index in [1.165, 1.54) is 0 Å². The van der Waals surface area contributed by atoms with Gasteiger partial charge < -0.3 is 18.8 Å². The van der Waals surface area contributed by atoms with Crippen LogP contribution in [-0.4, -0.2) is 29.0 Å². The molecular weight excluding hydrogens is 282 g/mol. The number of aromatic nitrogens is 1. The van der Waals surface area contributed by atoms with Crippen molar-refractivity contribution in [3.63, 3.8) is 0 Å². The van der Waals surface area contributed by atoms with Crippen molar-refractivity contribution in [2.75, 3.05) is 6.61 Å². The highest BCUT2D eigenvalue weighted by atomic mass is 16.8. The van der Waals surface area contributed by atoms with Crippen molar-refractivity contribution >= 4 is 16.9 Å². The molecule has 116 valence electrons. The van der Waals surface area contributed by atoms with Crippen LogP contribution < -0.4 is 0 Å². The van der Waals surface area contributed by atoms with Gasteiger partial charge in [0.15, 0.2) is 5.79 Å². The third kappa shape index (κ3) is 1.82. The van der Waals surface area contributed by atoms with Crippen molar-refractivity contribution in [3.8, 4) is 0 Å². The van der Waals surface area contributed by atoms with Gasteiger partial charge in [0.1, 0.15) is 12.2 Å². The quantitative estimate of drug-likeness (QED) is 0.800. The zero-order chi connectivity index (χ0) is 15.5. The summed E-state index contributed by atoms with van der Waals surface area (Å²) in [6.45, 7) is 6.68. The molecule has 0 spiro atoms. The molecule has 1 aromatic heterocycles. The molecule has 2 aliphatic heterocycles. The van der Waals surface area contributed by atoms with E-state index < -0.39 is 5.79 Å². The number of hydrogen-bond donors (Lipinski definition) is 0. The Morgan fingerprint density at radius 3 is 2.91 bits per heavy atom. The Morgan fingerprint density at radius 2 is 2.14 bits per heavy atom. The number of benzene rings is 1. The molecule has 1 fully saturated rings. The predicted octanol–water partition coefficient (Wildman–Crippen LogP) is 3.02. The summed E-state index contributed by atoms with van der Waals surface area (Å²) in [7, 11) is 0. The van der Waals surface area contributed by atoms with Crippen LogP contribution in [0.5, 0.6) is 0 Å². The maximum atomic E-state index is 12.5. The number of para-hydroxylation sites is 1. The lowest BCUT2D eigenvalue weighted by Gasteiger charge is -2.19. The minimum atomic E-state index is -0.622. The highest BCUT2D eigenvalue weighted by Crippen LogP contribution is 2.47. The van der Waals surface area contributed by atoms with Crippen molar-refractivity contribution in [1.82, 2.24) is 4.57 Å². The van der Waals surface area contributed by atoms with Gasteiger partial charge in [-0.3, -0.25) is 0 Å². The Labute approximate surface area is 128 Å². The van der Waals surface area contributed by atoms with Gasteiger partial charge in [0.2, 0.25) is 0 Å². The van der Waals surface area contributed by atoms with Gasteiger partial charge in [-0.15, -0.1) is 0 Å². The Kier molecular flexibility index (Phi) is 2.86. The summed E-state index contributed by atoms with van der Waals surface area (Å²) in [6.07, 6.45) is -0.274. The van der Waals surface area contributed by atoms with E-state index in [0.29, 0.717) is 18.7 Å². The second-order valence-corrected chi connectivity index (χ2v) is 6.20. The van der Waals surface area contributed by atoms with E-state index in [9.17, 15) is 4.79 Å². The SMILES string of the molecule is CCOC(=O)c1c2n(c3ccccc13)C[C@H]1OC(C)(C)O[C@@H]21. The average molecular weight is 301 g/mol. The first-order valence-electron chi connectivity index (χ1n) is 7.65. The molecule has 0 radical (unpaired) electrons. The summed E-state index contributed by atoms with van der Waals surface area (Å²) in [5.74, 6) is -0.912. The fourth-order valence-corrected chi connectivity index (χ4v) is 3.61. The van der Waals surface area contributed by atoms with Gasteiger partial charge in [-0.25, -0.2) is 4.79 Å². The van der Waals surface area contributed by atoms with Gasteiger partial charge in [-0.05, 0) is 26.8 Å². The molecule has 5 heteroatoms. The molecule has 0 amide bonds. The summed E-state index contributed by atoms with van der Waals surface area (Å²) in [6, 6.07) is 7.90. The highest BCUT2D eigenvalue weighted by Gasteiger charge is 2.50. The Hall–Kier alpha value is -1.85. The standard InChI is InChI=1S/C17H19NO4/c1-4-20-16(19)13-10-7-5-6-8-11(10)18-9-12-15(14(13)18)22-17(2,3)21-12/h5-8,12,15H,4,9H2,1-3H3/t12-,15-/m1/s1.